The second kappa shape index (κ2) is 45.6. The molecule has 0 aromatic carbocycles. The molecule has 0 aromatic heterocycles. The third kappa shape index (κ3) is 47.7. The van der Waals surface area contributed by atoms with Crippen molar-refractivity contribution in [2.45, 2.75) is 6.92 Å². The van der Waals surface area contributed by atoms with Gasteiger partial charge in [0.25, 0.3) is 0 Å². The molecule has 18 heavy (non-hydrogen) atoms. The Morgan fingerprint density at radius 1 is 1.22 bits per heavy atom. The van der Waals surface area contributed by atoms with Crippen LogP contribution in [0, 0.1) is 20.0 Å². The standard InChI is InChI=1S/C7H9N3O.3CO.Fe/c1-2-3-4-5-7(11)6-9-10-8;3*1-2;/h2-5H,6H2,1H3;;;;. The van der Waals surface area contributed by atoms with E-state index in [2.05, 4.69) is 30.0 Å². The average molecular weight is 291 g/mol. The van der Waals surface area contributed by atoms with E-state index >= 15 is 0 Å². The SMILES string of the molecule is CC=CC=CC(=O)CN=[N+]=[N-].[C-]#[O+].[C-]#[O+].[C-]#[O+].[Fe]. The van der Waals surface area contributed by atoms with Gasteiger partial charge < -0.3 is 0 Å². The van der Waals surface area contributed by atoms with Crippen LogP contribution in [-0.2, 0) is 35.8 Å². The Bertz CT molecular complexity index is 325. The van der Waals surface area contributed by atoms with Crippen LogP contribution in [0.4, 0.5) is 0 Å². The van der Waals surface area contributed by atoms with Crippen LogP contribution in [0.3, 0.4) is 0 Å². The van der Waals surface area contributed by atoms with E-state index in [0.29, 0.717) is 0 Å². The number of nitrogens with zero attached hydrogens (tertiary/aromatic N) is 3. The number of rotatable bonds is 4. The van der Waals surface area contributed by atoms with Gasteiger partial charge in [0.1, 0.15) is 0 Å². The molecule has 0 saturated heterocycles. The third-order valence-electron chi connectivity index (χ3n) is 0.875. The quantitative estimate of drug-likeness (QED) is 0.113. The van der Waals surface area contributed by atoms with Crippen molar-refractivity contribution in [3.8, 4) is 0 Å². The number of carbonyl (C=O) groups excluding carboxylic acids is 1. The minimum Gasteiger partial charge on any atom is 0 e. The molecular formula is C10H9FeN3O4. The van der Waals surface area contributed by atoms with Gasteiger partial charge >= 0.3 is 33.9 Å². The Hall–Kier alpha value is -1.80. The summed E-state index contributed by atoms with van der Waals surface area (Å²) in [5, 5.41) is 3.11. The first kappa shape index (κ1) is 29.8. The molecule has 7 nitrogen and oxygen atoms in total. The zero-order chi connectivity index (χ0) is 14.5. The summed E-state index contributed by atoms with van der Waals surface area (Å²) in [4.78, 5) is 13.1. The molecule has 0 radical (unpaired) electrons. The van der Waals surface area contributed by atoms with Gasteiger partial charge in [-0.3, -0.25) is 4.79 Å². The molecule has 0 saturated carbocycles. The summed E-state index contributed by atoms with van der Waals surface area (Å²) in [5.74, 6) is -0.194. The van der Waals surface area contributed by atoms with Gasteiger partial charge in [0, 0.05) is 22.0 Å². The first-order valence-corrected chi connectivity index (χ1v) is 3.75. The largest absolute Gasteiger partial charge is 0 e. The van der Waals surface area contributed by atoms with E-state index < -0.39 is 0 Å². The minimum atomic E-state index is -0.194. The molecule has 0 aromatic rings. The van der Waals surface area contributed by atoms with E-state index in [-0.39, 0.29) is 29.4 Å². The van der Waals surface area contributed by atoms with Crippen molar-refractivity contribution in [3.05, 3.63) is 54.7 Å². The van der Waals surface area contributed by atoms with Crippen molar-refractivity contribution in [3.63, 3.8) is 0 Å². The van der Waals surface area contributed by atoms with Crippen LogP contribution in [0.2, 0.25) is 0 Å². The topological polar surface area (TPSA) is 126 Å². The van der Waals surface area contributed by atoms with Crippen LogP contribution in [0.5, 0.6) is 0 Å². The van der Waals surface area contributed by atoms with Gasteiger partial charge in [0.05, 0.1) is 6.54 Å². The van der Waals surface area contributed by atoms with E-state index in [9.17, 15) is 4.79 Å². The number of azide groups is 1. The van der Waals surface area contributed by atoms with Crippen LogP contribution < -0.4 is 0 Å². The molecule has 0 spiro atoms. The smallest absolute Gasteiger partial charge is 0 e. The first-order chi connectivity index (χ1) is 8.31. The molecule has 0 N–H and O–H groups in total. The second-order valence-corrected chi connectivity index (χ2v) is 1.74. The molecule has 0 aliphatic rings. The molecule has 0 atom stereocenters. The maximum absolute atomic E-state index is 10.7. The fourth-order valence-electron chi connectivity index (χ4n) is 0.428. The van der Waals surface area contributed by atoms with Crippen LogP contribution >= 0.6 is 0 Å². The Labute approximate surface area is 115 Å². The van der Waals surface area contributed by atoms with Crippen LogP contribution in [0.1, 0.15) is 6.92 Å². The Kier molecular flexibility index (Phi) is 75.6. The number of carbonyl (C=O) groups is 1. The summed E-state index contributed by atoms with van der Waals surface area (Å²) in [6, 6.07) is 0. The van der Waals surface area contributed by atoms with Crippen molar-refractivity contribution in [2.24, 2.45) is 5.11 Å². The molecule has 0 aliphatic carbocycles. The summed E-state index contributed by atoms with van der Waals surface area (Å²) in [6.07, 6.45) is 6.51. The van der Waals surface area contributed by atoms with Crippen molar-refractivity contribution in [1.29, 1.82) is 0 Å². The monoisotopic (exact) mass is 291 g/mol. The van der Waals surface area contributed by atoms with E-state index in [0.717, 1.165) is 0 Å². The van der Waals surface area contributed by atoms with Gasteiger partial charge in [-0.25, -0.2) is 0 Å². The summed E-state index contributed by atoms with van der Waals surface area (Å²) < 4.78 is 22.5. The van der Waals surface area contributed by atoms with Gasteiger partial charge in [-0.15, -0.1) is 0 Å². The molecule has 96 valence electrons. The number of hydrogen-bond acceptors (Lipinski definition) is 2. The molecule has 0 aliphatic heterocycles. The molecule has 0 unspecified atom stereocenters. The summed E-state index contributed by atoms with van der Waals surface area (Å²) in [6.45, 7) is 15.2. The van der Waals surface area contributed by atoms with Crippen LogP contribution in [0.25, 0.3) is 10.4 Å². The second-order valence-electron chi connectivity index (χ2n) is 1.74. The van der Waals surface area contributed by atoms with Gasteiger partial charge in [0.15, 0.2) is 5.78 Å². The number of ketones is 1. The van der Waals surface area contributed by atoms with E-state index in [1.54, 1.807) is 18.2 Å². The van der Waals surface area contributed by atoms with Crippen molar-refractivity contribution in [1.82, 2.24) is 0 Å². The first-order valence-electron chi connectivity index (χ1n) is 3.75. The maximum atomic E-state index is 10.7. The third-order valence-corrected chi connectivity index (χ3v) is 0.875. The van der Waals surface area contributed by atoms with E-state index in [4.69, 9.17) is 19.5 Å². The molecule has 0 heterocycles. The fraction of sp³-hybridized carbons (Fsp3) is 0.200. The van der Waals surface area contributed by atoms with Crippen molar-refractivity contribution in [2.75, 3.05) is 6.54 Å². The van der Waals surface area contributed by atoms with Gasteiger partial charge in [-0.05, 0) is 18.5 Å². The zero-order valence-corrected chi connectivity index (χ0v) is 10.4. The molecule has 0 fully saturated rings. The Balaban J connectivity index is -0.0000000700. The summed E-state index contributed by atoms with van der Waals surface area (Å²) in [7, 11) is 0. The van der Waals surface area contributed by atoms with Crippen molar-refractivity contribution >= 4 is 5.78 Å². The summed E-state index contributed by atoms with van der Waals surface area (Å²) >= 11 is 0. The van der Waals surface area contributed by atoms with Crippen molar-refractivity contribution < 1.29 is 35.8 Å². The maximum Gasteiger partial charge on any atom is 0 e. The Morgan fingerprint density at radius 3 is 2.00 bits per heavy atom. The average Bonchev–Trinajstić information content (AvgIpc) is 2.43. The zero-order valence-electron chi connectivity index (χ0n) is 9.34. The van der Waals surface area contributed by atoms with E-state index in [1.165, 1.54) is 6.08 Å². The van der Waals surface area contributed by atoms with Gasteiger partial charge in [0.2, 0.25) is 0 Å². The van der Waals surface area contributed by atoms with Crippen LogP contribution in [0.15, 0.2) is 29.4 Å². The number of allylic oxidation sites excluding steroid dienone is 3. The van der Waals surface area contributed by atoms with Gasteiger partial charge in [-0.1, -0.05) is 23.3 Å². The number of hydrogen-bond donors (Lipinski definition) is 0. The molecule has 8 heteroatoms. The summed E-state index contributed by atoms with van der Waals surface area (Å²) in [5.41, 5.74) is 7.85. The predicted octanol–water partition coefficient (Wildman–Crippen LogP) is 1.88. The molecule has 0 amide bonds. The Morgan fingerprint density at radius 2 is 1.67 bits per heavy atom. The molecule has 0 rings (SSSR count). The van der Waals surface area contributed by atoms with E-state index in [1.807, 2.05) is 6.92 Å². The molecular weight excluding hydrogens is 282 g/mol. The van der Waals surface area contributed by atoms with Gasteiger partial charge in [-0.2, -0.15) is 0 Å². The molecule has 0 bridgehead atoms. The van der Waals surface area contributed by atoms with Crippen LogP contribution in [-0.4, -0.2) is 12.3 Å². The predicted molar refractivity (Wildman–Crippen MR) is 54.8 cm³/mol. The minimum absolute atomic E-state index is 0. The normalized spacial score (nSPS) is 6.61. The fourth-order valence-corrected chi connectivity index (χ4v) is 0.428.